The van der Waals surface area contributed by atoms with Gasteiger partial charge >= 0.3 is 0 Å². The van der Waals surface area contributed by atoms with E-state index >= 15 is 0 Å². The monoisotopic (exact) mass is 298 g/mol. The molecule has 3 rings (SSSR count). The summed E-state index contributed by atoms with van der Waals surface area (Å²) < 4.78 is 0. The molecule has 0 aromatic carbocycles. The van der Waals surface area contributed by atoms with Crippen molar-refractivity contribution >= 4 is 11.7 Å². The Balaban J connectivity index is 1.80. The fraction of sp³-hybridized carbons (Fsp3) is 0.588. The summed E-state index contributed by atoms with van der Waals surface area (Å²) in [6.07, 6.45) is 6.65. The zero-order valence-electron chi connectivity index (χ0n) is 13.0. The van der Waals surface area contributed by atoms with Crippen LogP contribution in [0.4, 0.5) is 5.82 Å². The van der Waals surface area contributed by atoms with E-state index in [1.165, 1.54) is 0 Å². The van der Waals surface area contributed by atoms with Crippen molar-refractivity contribution in [3.63, 3.8) is 0 Å². The number of anilines is 1. The largest absolute Gasteiger partial charge is 0.352 e. The zero-order chi connectivity index (χ0) is 15.5. The maximum absolute atomic E-state index is 12.2. The van der Waals surface area contributed by atoms with Crippen molar-refractivity contribution in [1.29, 1.82) is 5.26 Å². The Bertz CT molecular complexity index is 577. The Morgan fingerprint density at radius 1 is 1.32 bits per heavy atom. The molecule has 2 aliphatic rings. The second-order valence-corrected chi connectivity index (χ2v) is 6.07. The molecule has 2 fully saturated rings. The lowest BCUT2D eigenvalue weighted by Crippen LogP contribution is -2.48. The van der Waals surface area contributed by atoms with Gasteiger partial charge in [-0.3, -0.25) is 4.79 Å². The highest BCUT2D eigenvalue weighted by Crippen LogP contribution is 2.32. The molecule has 0 N–H and O–H groups in total. The van der Waals surface area contributed by atoms with Crippen molar-refractivity contribution < 1.29 is 4.79 Å². The van der Waals surface area contributed by atoms with Gasteiger partial charge in [-0.1, -0.05) is 6.92 Å². The van der Waals surface area contributed by atoms with Gasteiger partial charge < -0.3 is 9.80 Å². The lowest BCUT2D eigenvalue weighted by Gasteiger charge is -2.35. The molecule has 2 atom stereocenters. The lowest BCUT2D eigenvalue weighted by molar-refractivity contribution is -0.132. The molecular formula is C17H22N4O. The average Bonchev–Trinajstić information content (AvgIpc) is 3.22. The number of hydrogen-bond acceptors (Lipinski definition) is 4. The average molecular weight is 298 g/mol. The highest BCUT2D eigenvalue weighted by molar-refractivity contribution is 5.76. The second-order valence-electron chi connectivity index (χ2n) is 6.07. The number of amides is 1. The summed E-state index contributed by atoms with van der Waals surface area (Å²) in [7, 11) is 0. The zero-order valence-corrected chi connectivity index (χ0v) is 13.0. The smallest absolute Gasteiger partial charge is 0.222 e. The molecule has 0 aliphatic carbocycles. The summed E-state index contributed by atoms with van der Waals surface area (Å²) in [6, 6.07) is 6.53. The topological polar surface area (TPSA) is 60.2 Å². The summed E-state index contributed by atoms with van der Waals surface area (Å²) >= 11 is 0. The van der Waals surface area contributed by atoms with Gasteiger partial charge in [0, 0.05) is 25.7 Å². The van der Waals surface area contributed by atoms with Crippen molar-refractivity contribution in [1.82, 2.24) is 9.88 Å². The number of nitrogens with zero attached hydrogens (tertiary/aromatic N) is 4. The Kier molecular flexibility index (Phi) is 4.28. The van der Waals surface area contributed by atoms with Crippen LogP contribution in [0.1, 0.15) is 44.6 Å². The van der Waals surface area contributed by atoms with E-state index in [0.717, 1.165) is 44.6 Å². The van der Waals surface area contributed by atoms with Crippen molar-refractivity contribution in [3.05, 3.63) is 23.9 Å². The molecule has 1 amide bonds. The molecule has 3 heterocycles. The number of carbonyl (C=O) groups is 1. The van der Waals surface area contributed by atoms with E-state index in [1.807, 2.05) is 19.1 Å². The molecule has 116 valence electrons. The molecule has 0 saturated carbocycles. The number of hydrogen-bond donors (Lipinski definition) is 0. The first-order chi connectivity index (χ1) is 10.7. The number of aromatic nitrogens is 1. The van der Waals surface area contributed by atoms with Gasteiger partial charge in [0.15, 0.2) is 0 Å². The molecule has 22 heavy (non-hydrogen) atoms. The molecule has 5 nitrogen and oxygen atoms in total. The molecule has 2 unspecified atom stereocenters. The minimum atomic E-state index is 0.266. The minimum absolute atomic E-state index is 0.266. The minimum Gasteiger partial charge on any atom is -0.352 e. The van der Waals surface area contributed by atoms with E-state index in [4.69, 9.17) is 5.26 Å². The van der Waals surface area contributed by atoms with Crippen LogP contribution in [0, 0.1) is 11.3 Å². The molecule has 1 aromatic rings. The summed E-state index contributed by atoms with van der Waals surface area (Å²) in [5.41, 5.74) is 0.586. The van der Waals surface area contributed by atoms with Crippen LogP contribution in [-0.4, -0.2) is 41.0 Å². The number of rotatable bonds is 3. The third-order valence-electron chi connectivity index (χ3n) is 4.84. The quantitative estimate of drug-likeness (QED) is 0.859. The van der Waals surface area contributed by atoms with Crippen molar-refractivity contribution in [2.24, 2.45) is 0 Å². The molecular weight excluding hydrogens is 276 g/mol. The van der Waals surface area contributed by atoms with Crippen LogP contribution in [0.3, 0.4) is 0 Å². The van der Waals surface area contributed by atoms with Gasteiger partial charge in [-0.05, 0) is 37.8 Å². The van der Waals surface area contributed by atoms with Gasteiger partial charge in [0.1, 0.15) is 11.9 Å². The van der Waals surface area contributed by atoms with Crippen LogP contribution in [0.5, 0.6) is 0 Å². The SMILES string of the molecule is CCC(=O)N1CCCC1C1CCCN1c1ccc(C#N)cn1. The molecule has 2 saturated heterocycles. The van der Waals surface area contributed by atoms with Gasteiger partial charge in [0.2, 0.25) is 5.91 Å². The molecule has 0 spiro atoms. The summed E-state index contributed by atoms with van der Waals surface area (Å²) in [6.45, 7) is 3.81. The first kappa shape index (κ1) is 14.8. The lowest BCUT2D eigenvalue weighted by atomic mass is 10.0. The van der Waals surface area contributed by atoms with Crippen LogP contribution >= 0.6 is 0 Å². The maximum atomic E-state index is 12.2. The first-order valence-corrected chi connectivity index (χ1v) is 8.17. The van der Waals surface area contributed by atoms with Crippen LogP contribution in [0.25, 0.3) is 0 Å². The molecule has 0 radical (unpaired) electrons. The number of carbonyl (C=O) groups excluding carboxylic acids is 1. The van der Waals surface area contributed by atoms with Gasteiger partial charge in [-0.15, -0.1) is 0 Å². The summed E-state index contributed by atoms with van der Waals surface area (Å²) in [4.78, 5) is 21.0. The Hall–Kier alpha value is -2.09. The number of likely N-dealkylation sites (tertiary alicyclic amines) is 1. The molecule has 5 heteroatoms. The van der Waals surface area contributed by atoms with E-state index in [-0.39, 0.29) is 5.91 Å². The van der Waals surface area contributed by atoms with E-state index in [1.54, 1.807) is 6.20 Å². The van der Waals surface area contributed by atoms with Gasteiger partial charge in [-0.2, -0.15) is 5.26 Å². The molecule has 0 bridgehead atoms. The normalized spacial score (nSPS) is 24.5. The van der Waals surface area contributed by atoms with Crippen LogP contribution in [0.15, 0.2) is 18.3 Å². The maximum Gasteiger partial charge on any atom is 0.222 e. The predicted octanol–water partition coefficient (Wildman–Crippen LogP) is 2.32. The van der Waals surface area contributed by atoms with Crippen molar-refractivity contribution in [3.8, 4) is 6.07 Å². The van der Waals surface area contributed by atoms with Crippen molar-refractivity contribution in [2.45, 2.75) is 51.1 Å². The van der Waals surface area contributed by atoms with E-state index in [2.05, 4.69) is 20.9 Å². The van der Waals surface area contributed by atoms with E-state index in [9.17, 15) is 4.79 Å². The number of pyridine rings is 1. The third kappa shape index (κ3) is 2.66. The van der Waals surface area contributed by atoms with E-state index in [0.29, 0.717) is 24.1 Å². The second kappa shape index (κ2) is 6.35. The van der Waals surface area contributed by atoms with Gasteiger partial charge in [-0.25, -0.2) is 4.98 Å². The van der Waals surface area contributed by atoms with Crippen LogP contribution in [-0.2, 0) is 4.79 Å². The molecule has 2 aliphatic heterocycles. The predicted molar refractivity (Wildman–Crippen MR) is 84.3 cm³/mol. The first-order valence-electron chi connectivity index (χ1n) is 8.17. The van der Waals surface area contributed by atoms with Gasteiger partial charge in [0.25, 0.3) is 0 Å². The number of nitriles is 1. The molecule has 1 aromatic heterocycles. The summed E-state index contributed by atoms with van der Waals surface area (Å²) in [5, 5.41) is 8.89. The summed E-state index contributed by atoms with van der Waals surface area (Å²) in [5.74, 6) is 1.19. The highest BCUT2D eigenvalue weighted by atomic mass is 16.2. The third-order valence-corrected chi connectivity index (χ3v) is 4.84. The highest BCUT2D eigenvalue weighted by Gasteiger charge is 2.39. The fourth-order valence-electron chi connectivity index (χ4n) is 3.80. The van der Waals surface area contributed by atoms with Crippen LogP contribution in [0.2, 0.25) is 0 Å². The Morgan fingerprint density at radius 2 is 2.09 bits per heavy atom. The van der Waals surface area contributed by atoms with Gasteiger partial charge in [0.05, 0.1) is 17.6 Å². The van der Waals surface area contributed by atoms with Crippen molar-refractivity contribution in [2.75, 3.05) is 18.0 Å². The Morgan fingerprint density at radius 3 is 2.77 bits per heavy atom. The standard InChI is InChI=1S/C17H22N4O/c1-2-17(22)21-10-4-6-15(21)14-5-3-9-20(14)16-8-7-13(11-18)12-19-16/h7-8,12,14-15H,2-6,9-10H2,1H3. The Labute approximate surface area is 131 Å². The van der Waals surface area contributed by atoms with E-state index < -0.39 is 0 Å². The van der Waals surface area contributed by atoms with Crippen LogP contribution < -0.4 is 4.90 Å². The fourth-order valence-corrected chi connectivity index (χ4v) is 3.80.